The average molecular weight is 263 g/mol. The molecule has 3 nitrogen and oxygen atoms in total. The van der Waals surface area contributed by atoms with Gasteiger partial charge in [-0.1, -0.05) is 23.7 Å². The smallest absolute Gasteiger partial charge is 0.120 e. The van der Waals surface area contributed by atoms with Crippen molar-refractivity contribution in [2.75, 3.05) is 5.43 Å². The van der Waals surface area contributed by atoms with E-state index in [0.717, 1.165) is 27.6 Å². The van der Waals surface area contributed by atoms with Crippen molar-refractivity contribution < 1.29 is 4.74 Å². The molecule has 2 aromatic carbocycles. The Balaban J connectivity index is 2.02. The van der Waals surface area contributed by atoms with E-state index in [1.807, 2.05) is 49.4 Å². The molecular weight excluding hydrogens is 248 g/mol. The van der Waals surface area contributed by atoms with Crippen molar-refractivity contribution in [3.63, 3.8) is 0 Å². The number of nitrogen functional groups attached to an aromatic ring is 1. The third-order valence-corrected chi connectivity index (χ3v) is 2.92. The Bertz CT molecular complexity index is 526. The first kappa shape index (κ1) is 12.7. The van der Waals surface area contributed by atoms with Crippen molar-refractivity contribution >= 4 is 17.3 Å². The summed E-state index contributed by atoms with van der Waals surface area (Å²) >= 11 is 5.82. The normalized spacial score (nSPS) is 10.2. The van der Waals surface area contributed by atoms with E-state index >= 15 is 0 Å². The fourth-order valence-electron chi connectivity index (χ4n) is 1.64. The molecule has 2 aromatic rings. The highest BCUT2D eigenvalue weighted by Gasteiger charge is 2.00. The van der Waals surface area contributed by atoms with Crippen LogP contribution in [0.2, 0.25) is 5.02 Å². The largest absolute Gasteiger partial charge is 0.489 e. The lowest BCUT2D eigenvalue weighted by Crippen LogP contribution is -2.08. The molecule has 4 heteroatoms. The Morgan fingerprint density at radius 3 is 2.50 bits per heavy atom. The van der Waals surface area contributed by atoms with Crippen LogP contribution in [-0.2, 0) is 6.61 Å². The second kappa shape index (κ2) is 5.76. The van der Waals surface area contributed by atoms with Gasteiger partial charge in [0.15, 0.2) is 0 Å². The minimum atomic E-state index is 0.520. The molecule has 0 unspecified atom stereocenters. The number of nitrogens with one attached hydrogen (secondary N) is 1. The first-order valence-electron chi connectivity index (χ1n) is 5.63. The average Bonchev–Trinajstić information content (AvgIpc) is 2.38. The van der Waals surface area contributed by atoms with Gasteiger partial charge in [0, 0.05) is 5.02 Å². The van der Waals surface area contributed by atoms with Crippen LogP contribution >= 0.6 is 11.6 Å². The molecule has 18 heavy (non-hydrogen) atoms. The summed E-state index contributed by atoms with van der Waals surface area (Å²) in [4.78, 5) is 0. The molecular formula is C14H15ClN2O. The Labute approximate surface area is 111 Å². The van der Waals surface area contributed by atoms with E-state index in [1.165, 1.54) is 0 Å². The number of benzene rings is 2. The van der Waals surface area contributed by atoms with Crippen molar-refractivity contribution in [3.05, 3.63) is 58.6 Å². The summed E-state index contributed by atoms with van der Waals surface area (Å²) in [5.74, 6) is 6.20. The molecule has 0 aliphatic heterocycles. The van der Waals surface area contributed by atoms with Crippen molar-refractivity contribution in [1.29, 1.82) is 0 Å². The highest BCUT2D eigenvalue weighted by molar-refractivity contribution is 6.30. The van der Waals surface area contributed by atoms with Crippen molar-refractivity contribution in [1.82, 2.24) is 0 Å². The van der Waals surface area contributed by atoms with E-state index in [2.05, 4.69) is 5.43 Å². The van der Waals surface area contributed by atoms with Crippen LogP contribution in [0.25, 0.3) is 0 Å². The number of rotatable bonds is 4. The predicted octanol–water partition coefficient (Wildman–Crippen LogP) is 3.51. The zero-order valence-electron chi connectivity index (χ0n) is 10.1. The summed E-state index contributed by atoms with van der Waals surface area (Å²) in [7, 11) is 0. The fraction of sp³-hybridized carbons (Fsp3) is 0.143. The van der Waals surface area contributed by atoms with E-state index in [4.69, 9.17) is 22.2 Å². The summed E-state index contributed by atoms with van der Waals surface area (Å²) in [5.41, 5.74) is 5.66. The third-order valence-electron chi connectivity index (χ3n) is 2.67. The molecule has 0 fully saturated rings. The zero-order valence-corrected chi connectivity index (χ0v) is 10.9. The molecule has 3 N–H and O–H groups in total. The molecule has 0 saturated heterocycles. The van der Waals surface area contributed by atoms with Crippen LogP contribution in [0.15, 0.2) is 42.5 Å². The van der Waals surface area contributed by atoms with E-state index in [1.54, 1.807) is 0 Å². The minimum Gasteiger partial charge on any atom is -0.489 e. The standard InChI is InChI=1S/C14H15ClN2O/c1-10-8-13(6-7-14(10)17-16)18-9-11-2-4-12(15)5-3-11/h2-8,17H,9,16H2,1H3. The molecule has 0 amide bonds. The predicted molar refractivity (Wildman–Crippen MR) is 74.8 cm³/mol. The lowest BCUT2D eigenvalue weighted by Gasteiger charge is -2.09. The monoisotopic (exact) mass is 262 g/mol. The summed E-state index contributed by atoms with van der Waals surface area (Å²) in [6, 6.07) is 13.3. The number of hydrazine groups is 1. The molecule has 0 radical (unpaired) electrons. The van der Waals surface area contributed by atoms with Gasteiger partial charge in [0.2, 0.25) is 0 Å². The molecule has 0 aliphatic rings. The molecule has 2 rings (SSSR count). The molecule has 0 saturated carbocycles. The summed E-state index contributed by atoms with van der Waals surface area (Å²) in [6.07, 6.45) is 0. The van der Waals surface area contributed by atoms with Gasteiger partial charge in [-0.15, -0.1) is 0 Å². The van der Waals surface area contributed by atoms with Gasteiger partial charge in [-0.3, -0.25) is 5.84 Å². The Hall–Kier alpha value is -1.71. The lowest BCUT2D eigenvalue weighted by atomic mass is 10.2. The number of ether oxygens (including phenoxy) is 1. The van der Waals surface area contributed by atoms with E-state index in [-0.39, 0.29) is 0 Å². The van der Waals surface area contributed by atoms with Crippen LogP contribution in [0.5, 0.6) is 5.75 Å². The Kier molecular flexibility index (Phi) is 4.07. The van der Waals surface area contributed by atoms with Gasteiger partial charge in [-0.2, -0.15) is 0 Å². The van der Waals surface area contributed by atoms with E-state index < -0.39 is 0 Å². The van der Waals surface area contributed by atoms with Gasteiger partial charge in [-0.05, 0) is 48.4 Å². The first-order chi connectivity index (χ1) is 8.69. The van der Waals surface area contributed by atoms with Gasteiger partial charge in [-0.25, -0.2) is 0 Å². The summed E-state index contributed by atoms with van der Waals surface area (Å²) in [5, 5.41) is 0.730. The maximum atomic E-state index is 5.82. The Morgan fingerprint density at radius 2 is 1.89 bits per heavy atom. The molecule has 0 bridgehead atoms. The maximum absolute atomic E-state index is 5.82. The van der Waals surface area contributed by atoms with Crippen molar-refractivity contribution in [2.24, 2.45) is 5.84 Å². The van der Waals surface area contributed by atoms with Crippen LogP contribution < -0.4 is 16.0 Å². The second-order valence-electron chi connectivity index (χ2n) is 4.04. The van der Waals surface area contributed by atoms with Gasteiger partial charge < -0.3 is 10.2 Å². The van der Waals surface area contributed by atoms with Crippen molar-refractivity contribution in [3.8, 4) is 5.75 Å². The molecule has 0 spiro atoms. The molecule has 0 atom stereocenters. The van der Waals surface area contributed by atoms with Crippen LogP contribution in [0.4, 0.5) is 5.69 Å². The number of nitrogens with two attached hydrogens (primary N) is 1. The summed E-state index contributed by atoms with van der Waals surface area (Å²) in [6.45, 7) is 2.50. The zero-order chi connectivity index (χ0) is 13.0. The van der Waals surface area contributed by atoms with Crippen LogP contribution in [0, 0.1) is 6.92 Å². The first-order valence-corrected chi connectivity index (χ1v) is 6.01. The van der Waals surface area contributed by atoms with Gasteiger partial charge in [0.05, 0.1) is 5.69 Å². The highest BCUT2D eigenvalue weighted by Crippen LogP contribution is 2.21. The quantitative estimate of drug-likeness (QED) is 0.655. The van der Waals surface area contributed by atoms with Gasteiger partial charge >= 0.3 is 0 Å². The topological polar surface area (TPSA) is 47.3 Å². The van der Waals surface area contributed by atoms with Crippen LogP contribution in [0.1, 0.15) is 11.1 Å². The molecule has 0 aliphatic carbocycles. The number of hydrogen-bond acceptors (Lipinski definition) is 3. The fourth-order valence-corrected chi connectivity index (χ4v) is 1.76. The molecule has 0 heterocycles. The van der Waals surface area contributed by atoms with Gasteiger partial charge in [0.25, 0.3) is 0 Å². The summed E-state index contributed by atoms with van der Waals surface area (Å²) < 4.78 is 5.70. The SMILES string of the molecule is Cc1cc(OCc2ccc(Cl)cc2)ccc1NN. The number of anilines is 1. The lowest BCUT2D eigenvalue weighted by molar-refractivity contribution is 0.306. The Morgan fingerprint density at radius 1 is 1.17 bits per heavy atom. The number of aryl methyl sites for hydroxylation is 1. The third kappa shape index (κ3) is 3.15. The van der Waals surface area contributed by atoms with E-state index in [9.17, 15) is 0 Å². The number of hydrogen-bond donors (Lipinski definition) is 2. The molecule has 94 valence electrons. The highest BCUT2D eigenvalue weighted by atomic mass is 35.5. The van der Waals surface area contributed by atoms with Gasteiger partial charge in [0.1, 0.15) is 12.4 Å². The maximum Gasteiger partial charge on any atom is 0.120 e. The van der Waals surface area contributed by atoms with E-state index in [0.29, 0.717) is 6.61 Å². The number of halogens is 1. The van der Waals surface area contributed by atoms with Crippen LogP contribution in [-0.4, -0.2) is 0 Å². The second-order valence-corrected chi connectivity index (χ2v) is 4.47. The van der Waals surface area contributed by atoms with Crippen LogP contribution in [0.3, 0.4) is 0 Å². The van der Waals surface area contributed by atoms with Crippen molar-refractivity contribution in [2.45, 2.75) is 13.5 Å². The minimum absolute atomic E-state index is 0.520. The molecule has 0 aromatic heterocycles.